The van der Waals surface area contributed by atoms with Gasteiger partial charge < -0.3 is 4.90 Å². The molecule has 0 aliphatic rings. The van der Waals surface area contributed by atoms with E-state index >= 15 is 0 Å². The molecule has 0 rings (SSSR count). The highest BCUT2D eigenvalue weighted by atomic mass is 15.2. The highest BCUT2D eigenvalue weighted by molar-refractivity contribution is 5.07. The molecule has 0 N–H and O–H groups in total. The number of likely N-dealkylation sites (N-methyl/N-ethyl adjacent to an activating group) is 2. The molecular weight excluding hydrogens is 232 g/mol. The second-order valence-corrected chi connectivity index (χ2v) is 6.36. The molecule has 0 aromatic carbocycles. The van der Waals surface area contributed by atoms with Gasteiger partial charge in [-0.25, -0.2) is 0 Å². The third-order valence-corrected chi connectivity index (χ3v) is 4.51. The van der Waals surface area contributed by atoms with E-state index in [9.17, 15) is 0 Å². The molecule has 0 spiro atoms. The summed E-state index contributed by atoms with van der Waals surface area (Å²) < 4.78 is 0. The summed E-state index contributed by atoms with van der Waals surface area (Å²) in [5.74, 6) is 0. The molecule has 2 heteroatoms. The van der Waals surface area contributed by atoms with Crippen LogP contribution in [0.2, 0.25) is 0 Å². The van der Waals surface area contributed by atoms with Crippen LogP contribution >= 0.6 is 0 Å². The Labute approximate surface area is 121 Å². The lowest BCUT2D eigenvalue weighted by Crippen LogP contribution is -2.55. The Kier molecular flexibility index (Phi) is 9.38. The average molecular weight is 268 g/mol. The maximum absolute atomic E-state index is 4.06. The molecule has 0 aliphatic heterocycles. The van der Waals surface area contributed by atoms with E-state index in [0.717, 1.165) is 0 Å². The van der Waals surface area contributed by atoms with Crippen LogP contribution < -0.4 is 0 Å². The van der Waals surface area contributed by atoms with Crippen molar-refractivity contribution < 1.29 is 0 Å². The molecule has 0 heterocycles. The van der Waals surface area contributed by atoms with Crippen molar-refractivity contribution in [2.75, 3.05) is 28.2 Å². The van der Waals surface area contributed by atoms with Crippen LogP contribution in [0.1, 0.15) is 58.8 Å². The van der Waals surface area contributed by atoms with Gasteiger partial charge in [-0.3, -0.25) is 4.90 Å². The first-order valence-electron chi connectivity index (χ1n) is 7.87. The summed E-state index contributed by atoms with van der Waals surface area (Å²) in [6.45, 7) is 8.62. The second-order valence-electron chi connectivity index (χ2n) is 6.36. The van der Waals surface area contributed by atoms with E-state index in [-0.39, 0.29) is 5.54 Å². The van der Waals surface area contributed by atoms with Crippen LogP contribution in [0.15, 0.2) is 12.7 Å². The molecule has 0 aromatic heterocycles. The van der Waals surface area contributed by atoms with Crippen molar-refractivity contribution in [2.24, 2.45) is 0 Å². The highest BCUT2D eigenvalue weighted by Gasteiger charge is 2.34. The van der Waals surface area contributed by atoms with E-state index < -0.39 is 0 Å². The van der Waals surface area contributed by atoms with Crippen molar-refractivity contribution in [1.82, 2.24) is 9.80 Å². The lowest BCUT2D eigenvalue weighted by atomic mass is 9.86. The van der Waals surface area contributed by atoms with Crippen molar-refractivity contribution in [1.29, 1.82) is 0 Å². The van der Waals surface area contributed by atoms with E-state index in [0.29, 0.717) is 6.04 Å². The molecule has 114 valence electrons. The smallest absolute Gasteiger partial charge is 0.0510 e. The minimum Gasteiger partial charge on any atom is -0.304 e. The maximum Gasteiger partial charge on any atom is 0.0510 e. The molecule has 0 aliphatic carbocycles. The Morgan fingerprint density at radius 1 is 1.00 bits per heavy atom. The lowest BCUT2D eigenvalue weighted by molar-refractivity contribution is 0.0947. The van der Waals surface area contributed by atoms with Crippen molar-refractivity contribution in [3.63, 3.8) is 0 Å². The highest BCUT2D eigenvalue weighted by Crippen LogP contribution is 2.26. The molecule has 0 fully saturated rings. The summed E-state index contributed by atoms with van der Waals surface area (Å²) in [4.78, 5) is 4.65. The molecule has 2 nitrogen and oxygen atoms in total. The van der Waals surface area contributed by atoms with E-state index in [1.165, 1.54) is 44.9 Å². The first kappa shape index (κ1) is 18.7. The van der Waals surface area contributed by atoms with E-state index in [1.54, 1.807) is 0 Å². The zero-order chi connectivity index (χ0) is 14.9. The molecule has 0 saturated heterocycles. The van der Waals surface area contributed by atoms with Crippen LogP contribution in [0, 0.1) is 0 Å². The third kappa shape index (κ3) is 6.09. The molecule has 0 radical (unpaired) electrons. The zero-order valence-electron chi connectivity index (χ0n) is 14.2. The number of hydrogen-bond donors (Lipinski definition) is 0. The quantitative estimate of drug-likeness (QED) is 0.410. The van der Waals surface area contributed by atoms with E-state index in [1.807, 2.05) is 0 Å². The average Bonchev–Trinajstić information content (AvgIpc) is 2.36. The van der Waals surface area contributed by atoms with Crippen LogP contribution in [-0.2, 0) is 0 Å². The fourth-order valence-corrected chi connectivity index (χ4v) is 2.81. The van der Waals surface area contributed by atoms with Gasteiger partial charge in [-0.15, -0.1) is 6.58 Å². The summed E-state index contributed by atoms with van der Waals surface area (Å²) in [6, 6.07) is 0.533. The van der Waals surface area contributed by atoms with Crippen molar-refractivity contribution in [2.45, 2.75) is 70.4 Å². The van der Waals surface area contributed by atoms with Gasteiger partial charge in [0, 0.05) is 6.04 Å². The maximum atomic E-state index is 4.06. The molecule has 2 unspecified atom stereocenters. The van der Waals surface area contributed by atoms with Crippen LogP contribution in [0.5, 0.6) is 0 Å². The predicted octanol–water partition coefficient (Wildman–Crippen LogP) is 4.17. The Morgan fingerprint density at radius 2 is 1.53 bits per heavy atom. The molecule has 0 amide bonds. The Balaban J connectivity index is 4.30. The fraction of sp³-hybridized carbons (Fsp3) is 0.882. The van der Waals surface area contributed by atoms with Gasteiger partial charge in [0.1, 0.15) is 0 Å². The van der Waals surface area contributed by atoms with Gasteiger partial charge >= 0.3 is 0 Å². The van der Waals surface area contributed by atoms with Crippen LogP contribution in [0.25, 0.3) is 0 Å². The fourth-order valence-electron chi connectivity index (χ4n) is 2.81. The second kappa shape index (κ2) is 9.55. The summed E-state index contributed by atoms with van der Waals surface area (Å²) in [5, 5.41) is 0. The molecule has 2 atom stereocenters. The van der Waals surface area contributed by atoms with Gasteiger partial charge in [0.25, 0.3) is 0 Å². The third-order valence-electron chi connectivity index (χ3n) is 4.51. The molecule has 0 saturated carbocycles. The van der Waals surface area contributed by atoms with Crippen molar-refractivity contribution >= 4 is 0 Å². The van der Waals surface area contributed by atoms with Gasteiger partial charge in [-0.2, -0.15) is 0 Å². The van der Waals surface area contributed by atoms with Crippen LogP contribution in [-0.4, -0.2) is 49.6 Å². The summed E-state index contributed by atoms with van der Waals surface area (Å²) in [7, 11) is 8.68. The molecule has 0 bridgehead atoms. The lowest BCUT2D eigenvalue weighted by Gasteiger charge is -2.44. The number of rotatable bonds is 11. The van der Waals surface area contributed by atoms with Gasteiger partial charge in [-0.05, 0) is 41.5 Å². The molecule has 0 aromatic rings. The molecule has 19 heavy (non-hydrogen) atoms. The van der Waals surface area contributed by atoms with E-state index in [2.05, 4.69) is 64.5 Å². The molecular formula is C17H36N2. The van der Waals surface area contributed by atoms with Gasteiger partial charge in [0.2, 0.25) is 0 Å². The largest absolute Gasteiger partial charge is 0.304 e. The SMILES string of the molecule is C=CC(C)(C(CCCCCCCC)N(C)C)N(C)C. The number of unbranched alkanes of at least 4 members (excludes halogenated alkanes) is 5. The summed E-state index contributed by atoms with van der Waals surface area (Å²) >= 11 is 0. The first-order chi connectivity index (χ1) is 8.90. The minimum absolute atomic E-state index is 0.0485. The minimum atomic E-state index is 0.0485. The monoisotopic (exact) mass is 268 g/mol. The number of hydrogen-bond acceptors (Lipinski definition) is 2. The Bertz CT molecular complexity index is 235. The van der Waals surface area contributed by atoms with Crippen molar-refractivity contribution in [3.05, 3.63) is 12.7 Å². The Morgan fingerprint density at radius 3 is 1.95 bits per heavy atom. The standard InChI is InChI=1S/C17H36N2/c1-8-10-11-12-13-14-15-16(18(4)5)17(3,9-2)19(6)7/h9,16H,2,8,10-15H2,1,3-7H3. The van der Waals surface area contributed by atoms with Crippen LogP contribution in [0.4, 0.5) is 0 Å². The summed E-state index contributed by atoms with van der Waals surface area (Å²) in [6.07, 6.45) is 11.5. The van der Waals surface area contributed by atoms with Gasteiger partial charge in [0.15, 0.2) is 0 Å². The first-order valence-corrected chi connectivity index (χ1v) is 7.87. The topological polar surface area (TPSA) is 6.48 Å². The summed E-state index contributed by atoms with van der Waals surface area (Å²) in [5.41, 5.74) is 0.0485. The van der Waals surface area contributed by atoms with Gasteiger partial charge in [0.05, 0.1) is 5.54 Å². The predicted molar refractivity (Wildman–Crippen MR) is 87.8 cm³/mol. The van der Waals surface area contributed by atoms with Crippen molar-refractivity contribution in [3.8, 4) is 0 Å². The zero-order valence-corrected chi connectivity index (χ0v) is 14.2. The Hall–Kier alpha value is -0.340. The normalized spacial score (nSPS) is 16.6. The van der Waals surface area contributed by atoms with E-state index in [4.69, 9.17) is 0 Å². The van der Waals surface area contributed by atoms with Crippen LogP contribution in [0.3, 0.4) is 0 Å². The number of nitrogens with zero attached hydrogens (tertiary/aromatic N) is 2. The van der Waals surface area contributed by atoms with Gasteiger partial charge in [-0.1, -0.05) is 51.5 Å².